The maximum atomic E-state index is 12.5. The SMILES string of the molecule is CCOC(=O)c1c2ccc(N3CCOCC3)cc2n2ccccc12. The largest absolute Gasteiger partial charge is 0.462 e. The maximum Gasteiger partial charge on any atom is 0.340 e. The van der Waals surface area contributed by atoms with Gasteiger partial charge >= 0.3 is 5.97 Å². The number of pyridine rings is 1. The summed E-state index contributed by atoms with van der Waals surface area (Å²) < 4.78 is 12.8. The number of carbonyl (C=O) groups is 1. The van der Waals surface area contributed by atoms with Crippen LogP contribution in [0, 0.1) is 0 Å². The maximum absolute atomic E-state index is 12.5. The third-order valence-electron chi connectivity index (χ3n) is 4.48. The fourth-order valence-corrected chi connectivity index (χ4v) is 3.36. The topological polar surface area (TPSA) is 43.2 Å². The minimum atomic E-state index is -0.268. The van der Waals surface area contributed by atoms with Gasteiger partial charge in [-0.2, -0.15) is 0 Å². The molecule has 5 heteroatoms. The number of morpholine rings is 1. The van der Waals surface area contributed by atoms with Gasteiger partial charge in [0.25, 0.3) is 0 Å². The number of hydrogen-bond acceptors (Lipinski definition) is 4. The molecule has 24 heavy (non-hydrogen) atoms. The van der Waals surface area contributed by atoms with Crippen molar-refractivity contribution in [1.29, 1.82) is 0 Å². The van der Waals surface area contributed by atoms with E-state index >= 15 is 0 Å². The second-order valence-electron chi connectivity index (χ2n) is 5.85. The van der Waals surface area contributed by atoms with Gasteiger partial charge in [-0.3, -0.25) is 0 Å². The normalized spacial score (nSPS) is 15.1. The van der Waals surface area contributed by atoms with Crippen molar-refractivity contribution >= 4 is 28.1 Å². The number of fused-ring (bicyclic) bond motifs is 3. The quantitative estimate of drug-likeness (QED) is 0.694. The van der Waals surface area contributed by atoms with Crippen molar-refractivity contribution in [2.24, 2.45) is 0 Å². The van der Waals surface area contributed by atoms with Gasteiger partial charge in [0, 0.05) is 30.4 Å². The van der Waals surface area contributed by atoms with E-state index in [2.05, 4.69) is 21.4 Å². The number of esters is 1. The van der Waals surface area contributed by atoms with Crippen molar-refractivity contribution in [3.63, 3.8) is 0 Å². The first kappa shape index (κ1) is 15.0. The van der Waals surface area contributed by atoms with Crippen LogP contribution in [0.25, 0.3) is 16.4 Å². The second kappa shape index (κ2) is 6.17. The highest BCUT2D eigenvalue weighted by Crippen LogP contribution is 2.31. The lowest BCUT2D eigenvalue weighted by Crippen LogP contribution is -2.36. The minimum Gasteiger partial charge on any atom is -0.462 e. The highest BCUT2D eigenvalue weighted by Gasteiger charge is 2.20. The lowest BCUT2D eigenvalue weighted by Gasteiger charge is -2.28. The van der Waals surface area contributed by atoms with E-state index in [4.69, 9.17) is 9.47 Å². The smallest absolute Gasteiger partial charge is 0.340 e. The summed E-state index contributed by atoms with van der Waals surface area (Å²) >= 11 is 0. The summed E-state index contributed by atoms with van der Waals surface area (Å²) in [5, 5.41) is 0.927. The van der Waals surface area contributed by atoms with Crippen LogP contribution in [-0.4, -0.2) is 43.3 Å². The monoisotopic (exact) mass is 324 g/mol. The molecule has 5 nitrogen and oxygen atoms in total. The average Bonchev–Trinajstić information content (AvgIpc) is 2.96. The van der Waals surface area contributed by atoms with Crippen molar-refractivity contribution in [3.05, 3.63) is 48.2 Å². The van der Waals surface area contributed by atoms with E-state index in [0.29, 0.717) is 12.2 Å². The van der Waals surface area contributed by atoms with Crippen LogP contribution in [0.4, 0.5) is 5.69 Å². The Morgan fingerprint density at radius 1 is 1.17 bits per heavy atom. The molecule has 1 saturated heterocycles. The summed E-state index contributed by atoms with van der Waals surface area (Å²) in [6.45, 7) is 5.48. The summed E-state index contributed by atoms with van der Waals surface area (Å²) in [5.41, 5.74) is 3.70. The Balaban J connectivity index is 1.90. The number of nitrogens with zero attached hydrogens (tertiary/aromatic N) is 2. The van der Waals surface area contributed by atoms with E-state index in [0.717, 1.165) is 48.4 Å². The summed E-state index contributed by atoms with van der Waals surface area (Å²) in [7, 11) is 0. The van der Waals surface area contributed by atoms with Crippen molar-refractivity contribution < 1.29 is 14.3 Å². The third kappa shape index (κ3) is 2.41. The number of anilines is 1. The number of aromatic nitrogens is 1. The van der Waals surface area contributed by atoms with Crippen LogP contribution in [0.5, 0.6) is 0 Å². The van der Waals surface area contributed by atoms with Gasteiger partial charge in [-0.15, -0.1) is 0 Å². The summed E-state index contributed by atoms with van der Waals surface area (Å²) in [5.74, 6) is -0.268. The van der Waals surface area contributed by atoms with Gasteiger partial charge < -0.3 is 18.8 Å². The molecule has 1 fully saturated rings. The molecule has 0 N–H and O–H groups in total. The predicted molar refractivity (Wildman–Crippen MR) is 93.9 cm³/mol. The lowest BCUT2D eigenvalue weighted by molar-refractivity contribution is 0.0531. The zero-order valence-electron chi connectivity index (χ0n) is 13.7. The molecule has 0 bridgehead atoms. The Bertz CT molecular complexity index is 894. The van der Waals surface area contributed by atoms with Crippen molar-refractivity contribution in [2.75, 3.05) is 37.8 Å². The Morgan fingerprint density at radius 3 is 2.79 bits per heavy atom. The van der Waals surface area contributed by atoms with Crippen molar-refractivity contribution in [1.82, 2.24) is 4.40 Å². The van der Waals surface area contributed by atoms with E-state index in [1.54, 1.807) is 0 Å². The highest BCUT2D eigenvalue weighted by atomic mass is 16.5. The average molecular weight is 324 g/mol. The summed E-state index contributed by atoms with van der Waals surface area (Å²) in [6.07, 6.45) is 1.99. The van der Waals surface area contributed by atoms with E-state index in [1.165, 1.54) is 0 Å². The first-order valence-electron chi connectivity index (χ1n) is 8.32. The first-order valence-corrected chi connectivity index (χ1v) is 8.32. The van der Waals surface area contributed by atoms with Gasteiger partial charge in [0.2, 0.25) is 0 Å². The Labute approximate surface area is 140 Å². The zero-order chi connectivity index (χ0) is 16.5. The number of ether oxygens (including phenoxy) is 2. The van der Waals surface area contributed by atoms with E-state index in [9.17, 15) is 4.79 Å². The minimum absolute atomic E-state index is 0.268. The lowest BCUT2D eigenvalue weighted by atomic mass is 10.1. The van der Waals surface area contributed by atoms with Gasteiger partial charge in [0.05, 0.1) is 36.4 Å². The molecule has 3 heterocycles. The van der Waals surface area contributed by atoms with Crippen LogP contribution in [-0.2, 0) is 9.47 Å². The van der Waals surface area contributed by atoms with Crippen LogP contribution >= 0.6 is 0 Å². The van der Waals surface area contributed by atoms with Crippen molar-refractivity contribution in [3.8, 4) is 0 Å². The van der Waals surface area contributed by atoms with Crippen LogP contribution in [0.1, 0.15) is 17.3 Å². The number of rotatable bonds is 3. The van der Waals surface area contributed by atoms with Crippen LogP contribution in [0.3, 0.4) is 0 Å². The molecule has 2 aromatic heterocycles. The van der Waals surface area contributed by atoms with E-state index in [-0.39, 0.29) is 5.97 Å². The first-order chi connectivity index (χ1) is 11.8. The van der Waals surface area contributed by atoms with Gasteiger partial charge in [-0.1, -0.05) is 6.07 Å². The Hall–Kier alpha value is -2.53. The Morgan fingerprint density at radius 2 is 2.00 bits per heavy atom. The standard InChI is InChI=1S/C19H20N2O3/c1-2-24-19(22)18-15-7-6-14(20-9-11-23-12-10-20)13-17(15)21-8-4-3-5-16(18)21/h3-8,13H,2,9-12H2,1H3. The molecule has 1 aliphatic heterocycles. The molecule has 0 saturated carbocycles. The zero-order valence-corrected chi connectivity index (χ0v) is 13.7. The number of carbonyl (C=O) groups excluding carboxylic acids is 1. The van der Waals surface area contributed by atoms with Crippen LogP contribution < -0.4 is 4.90 Å². The molecule has 0 unspecified atom stereocenters. The molecule has 0 spiro atoms. The number of benzene rings is 1. The second-order valence-corrected chi connectivity index (χ2v) is 5.85. The molecule has 0 aliphatic carbocycles. The molecular weight excluding hydrogens is 304 g/mol. The predicted octanol–water partition coefficient (Wildman–Crippen LogP) is 3.11. The Kier molecular flexibility index (Phi) is 3.86. The van der Waals surface area contributed by atoms with Gasteiger partial charge in [0.1, 0.15) is 0 Å². The molecule has 4 rings (SSSR count). The fourth-order valence-electron chi connectivity index (χ4n) is 3.36. The molecule has 3 aromatic rings. The van der Waals surface area contributed by atoms with Crippen molar-refractivity contribution in [2.45, 2.75) is 6.92 Å². The third-order valence-corrected chi connectivity index (χ3v) is 4.48. The molecule has 0 atom stereocenters. The molecule has 0 amide bonds. The van der Waals surface area contributed by atoms with E-state index < -0.39 is 0 Å². The van der Waals surface area contributed by atoms with Crippen LogP contribution in [0.15, 0.2) is 42.6 Å². The van der Waals surface area contributed by atoms with Gasteiger partial charge in [-0.05, 0) is 37.3 Å². The summed E-state index contributed by atoms with van der Waals surface area (Å²) in [4.78, 5) is 14.8. The molecule has 0 radical (unpaired) electrons. The van der Waals surface area contributed by atoms with Crippen LogP contribution in [0.2, 0.25) is 0 Å². The highest BCUT2D eigenvalue weighted by molar-refractivity contribution is 6.12. The van der Waals surface area contributed by atoms with E-state index in [1.807, 2.05) is 37.4 Å². The number of hydrogen-bond donors (Lipinski definition) is 0. The van der Waals surface area contributed by atoms with Gasteiger partial charge in [0.15, 0.2) is 0 Å². The fraction of sp³-hybridized carbons (Fsp3) is 0.316. The van der Waals surface area contributed by atoms with Gasteiger partial charge in [-0.25, -0.2) is 4.79 Å². The molecular formula is C19H20N2O3. The summed E-state index contributed by atoms with van der Waals surface area (Å²) in [6, 6.07) is 12.1. The molecule has 1 aromatic carbocycles. The molecule has 1 aliphatic rings. The molecule has 124 valence electrons.